The predicted octanol–water partition coefficient (Wildman–Crippen LogP) is 6.45. The molecular weight excluding hydrogens is 848 g/mol. The number of imide groups is 2. The van der Waals surface area contributed by atoms with E-state index in [4.69, 9.17) is 23.2 Å². The van der Waals surface area contributed by atoms with Gasteiger partial charge in [-0.05, 0) is 110 Å². The molecule has 4 aromatic carbocycles. The molecule has 9 rings (SSSR count). The highest BCUT2D eigenvalue weighted by atomic mass is 35.5. The lowest BCUT2D eigenvalue weighted by molar-refractivity contribution is -0.136. The molecule has 4 heterocycles. The molecule has 0 bridgehead atoms. The highest BCUT2D eigenvalue weighted by Crippen LogP contribution is 2.49. The predicted molar refractivity (Wildman–Crippen MR) is 235 cm³/mol. The maximum atomic E-state index is 16.1. The second-order valence-electron chi connectivity index (χ2n) is 17.0. The normalized spacial score (nSPS) is 23.3. The molecule has 1 saturated carbocycles. The summed E-state index contributed by atoms with van der Waals surface area (Å²) in [6.45, 7) is 1.68. The van der Waals surface area contributed by atoms with E-state index < -0.39 is 47.3 Å². The van der Waals surface area contributed by atoms with Crippen LogP contribution in [-0.2, 0) is 14.4 Å². The number of nitrogens with zero attached hydrogens (tertiary/aromatic N) is 1. The molecule has 63 heavy (non-hydrogen) atoms. The Morgan fingerprint density at radius 1 is 0.857 bits per heavy atom. The fourth-order valence-electron chi connectivity index (χ4n) is 9.53. The highest BCUT2D eigenvalue weighted by molar-refractivity contribution is 6.31. The van der Waals surface area contributed by atoms with Crippen molar-refractivity contribution in [2.24, 2.45) is 5.92 Å². The number of piperidine rings is 1. The zero-order chi connectivity index (χ0) is 43.9. The van der Waals surface area contributed by atoms with Crippen LogP contribution in [0, 0.1) is 11.7 Å². The van der Waals surface area contributed by atoms with Crippen molar-refractivity contribution in [2.75, 3.05) is 30.3 Å². The Labute approximate surface area is 373 Å². The fraction of sp³-hybridized carbons (Fsp3) is 0.362. The van der Waals surface area contributed by atoms with Gasteiger partial charge in [0.1, 0.15) is 11.9 Å². The average Bonchev–Trinajstić information content (AvgIpc) is 3.85. The molecule has 5 aliphatic rings. The van der Waals surface area contributed by atoms with Crippen LogP contribution in [0.5, 0.6) is 0 Å². The first kappa shape index (κ1) is 42.6. The maximum absolute atomic E-state index is 16.1. The summed E-state index contributed by atoms with van der Waals surface area (Å²) in [4.78, 5) is 78.7. The summed E-state index contributed by atoms with van der Waals surface area (Å²) in [5.41, 5.74) is 4.05. The minimum Gasteiger partial charge on any atom is -0.384 e. The van der Waals surface area contributed by atoms with Gasteiger partial charge in [0.2, 0.25) is 17.7 Å². The van der Waals surface area contributed by atoms with Gasteiger partial charge in [0.25, 0.3) is 17.7 Å². The van der Waals surface area contributed by atoms with E-state index in [0.717, 1.165) is 35.4 Å². The van der Waals surface area contributed by atoms with Gasteiger partial charge in [0.05, 0.1) is 22.1 Å². The number of unbranched alkanes of at least 4 members (excludes halogenated alkanes) is 1. The SMILES string of the molecule is O=C1CCC(N2C(=O)c3cccc(NCCCCNC(=O)c4ccc([C@H]5C[C@H](NCC6CC6)[C@H]([C@H](c6cccc(Cl)c6F)[C@H]6C(=O)Nc7cc(Cl)ccc76)N5)cc4)c3C2=O)C(=O)N1. The van der Waals surface area contributed by atoms with Crippen LogP contribution in [0.25, 0.3) is 0 Å². The summed E-state index contributed by atoms with van der Waals surface area (Å²) in [5.74, 6) is -3.99. The minimum atomic E-state index is -1.04. The Hall–Kier alpha value is -5.67. The Morgan fingerprint density at radius 2 is 1.63 bits per heavy atom. The number of anilines is 2. The summed E-state index contributed by atoms with van der Waals surface area (Å²) >= 11 is 12.7. The van der Waals surface area contributed by atoms with Gasteiger partial charge in [0.15, 0.2) is 0 Å². The van der Waals surface area contributed by atoms with Crippen molar-refractivity contribution in [1.82, 2.24) is 26.2 Å². The molecule has 0 aromatic heterocycles. The summed E-state index contributed by atoms with van der Waals surface area (Å²) < 4.78 is 16.1. The number of amides is 6. The van der Waals surface area contributed by atoms with Gasteiger partial charge in [-0.1, -0.05) is 59.6 Å². The van der Waals surface area contributed by atoms with Crippen molar-refractivity contribution in [2.45, 2.75) is 80.9 Å². The highest BCUT2D eigenvalue weighted by Gasteiger charge is 2.49. The molecule has 6 N–H and O–H groups in total. The van der Waals surface area contributed by atoms with E-state index >= 15 is 4.39 Å². The van der Waals surface area contributed by atoms with Gasteiger partial charge in [-0.25, -0.2) is 4.39 Å². The third-order valence-corrected chi connectivity index (χ3v) is 13.4. The molecule has 2 saturated heterocycles. The summed E-state index contributed by atoms with van der Waals surface area (Å²) in [6, 6.07) is 20.9. The third-order valence-electron chi connectivity index (χ3n) is 12.9. The molecule has 0 spiro atoms. The van der Waals surface area contributed by atoms with Gasteiger partial charge in [-0.15, -0.1) is 0 Å². The molecule has 4 aliphatic heterocycles. The zero-order valence-corrected chi connectivity index (χ0v) is 35.7. The number of hydrogen-bond acceptors (Lipinski definition) is 9. The van der Waals surface area contributed by atoms with Crippen molar-refractivity contribution < 1.29 is 33.2 Å². The largest absolute Gasteiger partial charge is 0.384 e. The molecule has 1 aliphatic carbocycles. The Kier molecular flexibility index (Phi) is 12.1. The molecule has 6 atom stereocenters. The molecule has 326 valence electrons. The molecule has 6 amide bonds. The Bertz CT molecular complexity index is 2520. The van der Waals surface area contributed by atoms with E-state index in [9.17, 15) is 28.8 Å². The van der Waals surface area contributed by atoms with Gasteiger partial charge in [-0.3, -0.25) is 39.0 Å². The van der Waals surface area contributed by atoms with Gasteiger partial charge < -0.3 is 26.6 Å². The monoisotopic (exact) mass is 893 g/mol. The fourth-order valence-corrected chi connectivity index (χ4v) is 9.89. The molecule has 0 radical (unpaired) electrons. The summed E-state index contributed by atoms with van der Waals surface area (Å²) in [7, 11) is 0. The first-order chi connectivity index (χ1) is 30.5. The summed E-state index contributed by atoms with van der Waals surface area (Å²) in [6.07, 6.45) is 4.39. The van der Waals surface area contributed by atoms with Crippen LogP contribution in [0.3, 0.4) is 0 Å². The van der Waals surface area contributed by atoms with E-state index in [1.165, 1.54) is 6.07 Å². The van der Waals surface area contributed by atoms with Crippen LogP contribution in [-0.4, -0.2) is 78.1 Å². The van der Waals surface area contributed by atoms with E-state index in [-0.39, 0.29) is 58.9 Å². The van der Waals surface area contributed by atoms with Crippen molar-refractivity contribution in [3.8, 4) is 0 Å². The maximum Gasteiger partial charge on any atom is 0.264 e. The molecule has 13 nitrogen and oxygen atoms in total. The minimum absolute atomic E-state index is 0.0112. The van der Waals surface area contributed by atoms with Gasteiger partial charge >= 0.3 is 0 Å². The molecule has 3 fully saturated rings. The number of benzene rings is 4. The van der Waals surface area contributed by atoms with E-state index in [2.05, 4.69) is 31.9 Å². The van der Waals surface area contributed by atoms with Crippen LogP contribution in [0.4, 0.5) is 15.8 Å². The van der Waals surface area contributed by atoms with Gasteiger partial charge in [0, 0.05) is 65.5 Å². The van der Waals surface area contributed by atoms with Crippen LogP contribution >= 0.6 is 23.2 Å². The first-order valence-electron chi connectivity index (χ1n) is 21.5. The number of nitrogens with one attached hydrogen (secondary N) is 6. The Morgan fingerprint density at radius 3 is 2.41 bits per heavy atom. The smallest absolute Gasteiger partial charge is 0.264 e. The van der Waals surface area contributed by atoms with Crippen molar-refractivity contribution in [1.29, 1.82) is 0 Å². The molecule has 1 unspecified atom stereocenters. The van der Waals surface area contributed by atoms with Crippen molar-refractivity contribution in [3.63, 3.8) is 0 Å². The number of hydrogen-bond donors (Lipinski definition) is 6. The van der Waals surface area contributed by atoms with Crippen molar-refractivity contribution in [3.05, 3.63) is 128 Å². The topological polar surface area (TPSA) is 178 Å². The Balaban J connectivity index is 0.827. The lowest BCUT2D eigenvalue weighted by atomic mass is 9.75. The second kappa shape index (κ2) is 17.8. The second-order valence-corrected chi connectivity index (χ2v) is 17.8. The number of carbonyl (C=O) groups excluding carboxylic acids is 6. The zero-order valence-electron chi connectivity index (χ0n) is 34.1. The quantitative estimate of drug-likeness (QED) is 0.0579. The van der Waals surface area contributed by atoms with E-state index in [0.29, 0.717) is 65.8 Å². The number of carbonyl (C=O) groups is 6. The van der Waals surface area contributed by atoms with Crippen LogP contribution < -0.4 is 31.9 Å². The lowest BCUT2D eigenvalue weighted by Crippen LogP contribution is -2.54. The molecule has 4 aromatic rings. The average molecular weight is 895 g/mol. The van der Waals surface area contributed by atoms with E-state index in [1.54, 1.807) is 54.6 Å². The standard InChI is InChI=1S/C47H46Cl2FN7O6/c48-27-15-16-28-34(21-27)55-45(61)40(28)39(29-5-3-7-31(49)41(29)50)42-35(53-23-24-9-10-24)22-33(54-42)25-11-13-26(14-12-25)43(59)52-20-2-1-19-51-32-8-4-6-30-38(32)47(63)57(46(30)62)36-17-18-37(58)56-44(36)60/h3-8,11-16,21,24,33,35-36,39-40,42,51,53-54H,1-2,9-10,17-20,22-23H2,(H,52,59)(H,55,61)(H,56,58,60)/t33-,35+,36?,39-,40+,42-/m1/s1. The molecular formula is C47H46Cl2FN7O6. The van der Waals surface area contributed by atoms with Crippen LogP contribution in [0.15, 0.2) is 78.9 Å². The van der Waals surface area contributed by atoms with Gasteiger partial charge in [-0.2, -0.15) is 0 Å². The van der Waals surface area contributed by atoms with Crippen LogP contribution in [0.1, 0.15) is 111 Å². The third kappa shape index (κ3) is 8.57. The number of halogens is 3. The van der Waals surface area contributed by atoms with Crippen LogP contribution in [0.2, 0.25) is 10.0 Å². The number of fused-ring (bicyclic) bond motifs is 2. The van der Waals surface area contributed by atoms with E-state index in [1.807, 2.05) is 18.2 Å². The van der Waals surface area contributed by atoms with Crippen molar-refractivity contribution >= 4 is 70.0 Å². The lowest BCUT2D eigenvalue weighted by Gasteiger charge is -2.34. The number of rotatable bonds is 15. The first-order valence-corrected chi connectivity index (χ1v) is 22.2. The summed E-state index contributed by atoms with van der Waals surface area (Å²) in [5, 5.41) is 19.4. The molecule has 16 heteroatoms.